The Morgan fingerprint density at radius 1 is 1.46 bits per heavy atom. The Morgan fingerprint density at radius 3 is 2.08 bits per heavy atom. The lowest BCUT2D eigenvalue weighted by Crippen LogP contribution is -2.52. The zero-order valence-electron chi connectivity index (χ0n) is 7.06. The highest BCUT2D eigenvalue weighted by Gasteiger charge is 2.39. The smallest absolute Gasteiger partial charge is 0.189 e. The number of hydrogen-bond donors (Lipinski definition) is 4. The molecule has 0 aromatic carbocycles. The number of aliphatic hydroxyl groups is 4. The lowest BCUT2D eigenvalue weighted by atomic mass is 9.91. The minimum atomic E-state index is -1.92. The molecule has 0 amide bonds. The van der Waals surface area contributed by atoms with Crippen LogP contribution in [0, 0.1) is 0 Å². The first-order chi connectivity index (χ1) is 5.34. The fraction of sp³-hybridized carbons (Fsp3) is 0.875. The van der Waals surface area contributed by atoms with Crippen LogP contribution in [0.15, 0.2) is 0 Å². The monoisotopic (exact) mass is 194 g/mol. The van der Waals surface area contributed by atoms with Crippen molar-refractivity contribution in [2.45, 2.75) is 39.1 Å². The number of ketones is 1. The predicted octanol–water partition coefficient (Wildman–Crippen LogP) is -1.32. The maximum atomic E-state index is 10.7. The molecule has 5 heteroatoms. The summed E-state index contributed by atoms with van der Waals surface area (Å²) in [7, 11) is 0. The molecule has 0 aliphatic carbocycles. The first-order valence-corrected chi connectivity index (χ1v) is 3.56. The van der Waals surface area contributed by atoms with E-state index in [0.717, 1.165) is 6.92 Å². The molecule has 3 atom stereocenters. The van der Waals surface area contributed by atoms with Crippen LogP contribution in [0.4, 0.5) is 0 Å². The van der Waals surface area contributed by atoms with Gasteiger partial charge in [0.25, 0.3) is 0 Å². The van der Waals surface area contributed by atoms with Gasteiger partial charge >= 0.3 is 0 Å². The second-order valence-corrected chi connectivity index (χ2v) is 2.93. The number of hydrogen-bond acceptors (Lipinski definition) is 5. The average Bonchev–Trinajstić information content (AvgIpc) is 2.01. The molecule has 0 saturated heterocycles. The predicted molar refractivity (Wildman–Crippen MR) is 47.1 cm³/mol. The molecule has 0 rings (SSSR count). The van der Waals surface area contributed by atoms with Gasteiger partial charge in [-0.05, 0) is 13.8 Å². The quantitative estimate of drug-likeness (QED) is 0.445. The fourth-order valence-corrected chi connectivity index (χ4v) is 0.641. The van der Waals surface area contributed by atoms with E-state index in [0.29, 0.717) is 0 Å². The second-order valence-electron chi connectivity index (χ2n) is 2.93. The summed E-state index contributed by atoms with van der Waals surface area (Å²) in [6, 6.07) is 0. The van der Waals surface area contributed by atoms with Crippen molar-refractivity contribution >= 4 is 5.78 Å². The van der Waals surface area contributed by atoms with E-state index < -0.39 is 30.2 Å². The van der Waals surface area contributed by atoms with Gasteiger partial charge in [-0.1, -0.05) is 7.43 Å². The van der Waals surface area contributed by atoms with Crippen LogP contribution in [0.3, 0.4) is 0 Å². The number of Topliss-reactive ketones (excluding diaryl/α,β-unsaturated/α-hetero) is 1. The molecule has 0 aliphatic heterocycles. The normalized spacial score (nSPS) is 19.5. The third-order valence-corrected chi connectivity index (χ3v) is 1.86. The van der Waals surface area contributed by atoms with Gasteiger partial charge in [0.2, 0.25) is 0 Å². The summed E-state index contributed by atoms with van der Waals surface area (Å²) in [4.78, 5) is 10.7. The van der Waals surface area contributed by atoms with Gasteiger partial charge in [-0.15, -0.1) is 0 Å². The van der Waals surface area contributed by atoms with Gasteiger partial charge in [0, 0.05) is 0 Å². The number of carbonyl (C=O) groups excluding carboxylic acids is 1. The highest BCUT2D eigenvalue weighted by atomic mass is 16.4. The molecule has 3 unspecified atom stereocenters. The first kappa shape index (κ1) is 15.0. The van der Waals surface area contributed by atoms with Crippen LogP contribution >= 0.6 is 0 Å². The molecule has 0 bridgehead atoms. The van der Waals surface area contributed by atoms with Gasteiger partial charge in [0.15, 0.2) is 5.78 Å². The number of rotatable bonds is 4. The van der Waals surface area contributed by atoms with Crippen LogP contribution in [0.25, 0.3) is 0 Å². The lowest BCUT2D eigenvalue weighted by Gasteiger charge is -2.30. The standard InChI is InChI=1S/C7H14O5.CH4/c1-4(9)7(2,12)6(11)5(10)3-8;/h4,6,8-9,11-12H,3H2,1-2H3;1H4. The third-order valence-electron chi connectivity index (χ3n) is 1.86. The fourth-order valence-electron chi connectivity index (χ4n) is 0.641. The van der Waals surface area contributed by atoms with E-state index in [1.807, 2.05) is 0 Å². The molecule has 0 aliphatic rings. The summed E-state index contributed by atoms with van der Waals surface area (Å²) in [5.41, 5.74) is -1.92. The largest absolute Gasteiger partial charge is 0.390 e. The van der Waals surface area contributed by atoms with Crippen molar-refractivity contribution in [3.63, 3.8) is 0 Å². The van der Waals surface area contributed by atoms with Gasteiger partial charge < -0.3 is 20.4 Å². The Balaban J connectivity index is 0. The van der Waals surface area contributed by atoms with Crippen molar-refractivity contribution in [2.75, 3.05) is 6.61 Å². The molecule has 0 radical (unpaired) electrons. The van der Waals surface area contributed by atoms with Crippen molar-refractivity contribution in [1.29, 1.82) is 0 Å². The minimum absolute atomic E-state index is 0. The molecule has 4 N–H and O–H groups in total. The molecular weight excluding hydrogens is 176 g/mol. The van der Waals surface area contributed by atoms with Gasteiger partial charge in [-0.25, -0.2) is 0 Å². The van der Waals surface area contributed by atoms with Crippen LogP contribution in [-0.4, -0.2) is 50.6 Å². The summed E-state index contributed by atoms with van der Waals surface area (Å²) < 4.78 is 0. The highest BCUT2D eigenvalue weighted by molar-refractivity contribution is 5.85. The van der Waals surface area contributed by atoms with Crippen LogP contribution < -0.4 is 0 Å². The number of aliphatic hydroxyl groups excluding tert-OH is 3. The highest BCUT2D eigenvalue weighted by Crippen LogP contribution is 2.15. The Hall–Kier alpha value is -0.490. The van der Waals surface area contributed by atoms with Crippen molar-refractivity contribution < 1.29 is 25.2 Å². The van der Waals surface area contributed by atoms with Crippen molar-refractivity contribution in [2.24, 2.45) is 0 Å². The lowest BCUT2D eigenvalue weighted by molar-refractivity contribution is -0.159. The van der Waals surface area contributed by atoms with E-state index in [2.05, 4.69) is 0 Å². The van der Waals surface area contributed by atoms with Crippen molar-refractivity contribution in [3.8, 4) is 0 Å². The Morgan fingerprint density at radius 2 is 1.85 bits per heavy atom. The Bertz CT molecular complexity index is 164. The zero-order valence-corrected chi connectivity index (χ0v) is 7.06. The second kappa shape index (κ2) is 5.29. The Kier molecular flexibility index (Phi) is 6.10. The van der Waals surface area contributed by atoms with Gasteiger partial charge in [0.1, 0.15) is 18.3 Å². The van der Waals surface area contributed by atoms with Gasteiger partial charge in [0.05, 0.1) is 6.10 Å². The zero-order chi connectivity index (χ0) is 9.94. The topological polar surface area (TPSA) is 98.0 Å². The van der Waals surface area contributed by atoms with E-state index in [1.54, 1.807) is 0 Å². The van der Waals surface area contributed by atoms with Crippen LogP contribution in [-0.2, 0) is 4.79 Å². The molecule has 80 valence electrons. The molecule has 5 nitrogen and oxygen atoms in total. The molecule has 13 heavy (non-hydrogen) atoms. The molecule has 0 heterocycles. The maximum absolute atomic E-state index is 10.7. The van der Waals surface area contributed by atoms with Crippen molar-refractivity contribution in [1.82, 2.24) is 0 Å². The maximum Gasteiger partial charge on any atom is 0.189 e. The molecule has 0 fully saturated rings. The molecule has 0 saturated carbocycles. The number of carbonyl (C=O) groups is 1. The summed E-state index contributed by atoms with van der Waals surface area (Å²) >= 11 is 0. The van der Waals surface area contributed by atoms with E-state index in [-0.39, 0.29) is 7.43 Å². The minimum Gasteiger partial charge on any atom is -0.390 e. The SMILES string of the molecule is C.CC(O)C(C)(O)C(O)C(=O)CO. The summed E-state index contributed by atoms with van der Waals surface area (Å²) in [6.07, 6.45) is -3.01. The molecule has 0 aromatic heterocycles. The van der Waals surface area contributed by atoms with Gasteiger partial charge in [-0.3, -0.25) is 4.79 Å². The van der Waals surface area contributed by atoms with E-state index >= 15 is 0 Å². The first-order valence-electron chi connectivity index (χ1n) is 3.56. The summed E-state index contributed by atoms with van der Waals surface area (Å²) in [5.74, 6) is -0.916. The Labute approximate surface area is 77.6 Å². The average molecular weight is 194 g/mol. The van der Waals surface area contributed by atoms with Crippen molar-refractivity contribution in [3.05, 3.63) is 0 Å². The van der Waals surface area contributed by atoms with E-state index in [1.165, 1.54) is 6.92 Å². The summed E-state index contributed by atoms with van der Waals surface area (Å²) in [5, 5.41) is 35.7. The van der Waals surface area contributed by atoms with Crippen LogP contribution in [0.5, 0.6) is 0 Å². The van der Waals surface area contributed by atoms with Crippen LogP contribution in [0.2, 0.25) is 0 Å². The molecule has 0 spiro atoms. The van der Waals surface area contributed by atoms with E-state index in [9.17, 15) is 9.90 Å². The molecular formula is C8H18O5. The van der Waals surface area contributed by atoms with Gasteiger partial charge in [-0.2, -0.15) is 0 Å². The van der Waals surface area contributed by atoms with E-state index in [4.69, 9.17) is 15.3 Å². The summed E-state index contributed by atoms with van der Waals surface area (Å²) in [6.45, 7) is 1.51. The molecule has 0 aromatic rings. The van der Waals surface area contributed by atoms with Crippen LogP contribution in [0.1, 0.15) is 21.3 Å². The third kappa shape index (κ3) is 3.40.